The normalized spacial score (nSPS) is 19.4. The van der Waals surface area contributed by atoms with E-state index in [1.807, 2.05) is 29.2 Å². The molecule has 2 saturated heterocycles. The van der Waals surface area contributed by atoms with Crippen molar-refractivity contribution in [3.63, 3.8) is 0 Å². The van der Waals surface area contributed by atoms with E-state index in [1.54, 1.807) is 7.11 Å². The van der Waals surface area contributed by atoms with Gasteiger partial charge in [0, 0.05) is 56.6 Å². The van der Waals surface area contributed by atoms with Gasteiger partial charge in [-0.1, -0.05) is 17.7 Å². The van der Waals surface area contributed by atoms with E-state index in [2.05, 4.69) is 4.90 Å². The van der Waals surface area contributed by atoms with E-state index >= 15 is 0 Å². The first-order chi connectivity index (χ1) is 14.5. The lowest BCUT2D eigenvalue weighted by Gasteiger charge is -2.37. The maximum atomic E-state index is 13.4. The fourth-order valence-corrected chi connectivity index (χ4v) is 4.20. The number of piperazine rings is 1. The molecule has 2 heterocycles. The van der Waals surface area contributed by atoms with Crippen molar-refractivity contribution < 1.29 is 18.7 Å². The molecule has 158 valence electrons. The van der Waals surface area contributed by atoms with Crippen LogP contribution in [0.2, 0.25) is 5.02 Å². The van der Waals surface area contributed by atoms with Crippen molar-refractivity contribution in [1.82, 2.24) is 4.90 Å². The largest absolute Gasteiger partial charge is 0.497 e. The highest BCUT2D eigenvalue weighted by atomic mass is 35.5. The first-order valence-electron chi connectivity index (χ1n) is 9.89. The zero-order valence-electron chi connectivity index (χ0n) is 16.7. The van der Waals surface area contributed by atoms with Gasteiger partial charge < -0.3 is 19.4 Å². The van der Waals surface area contributed by atoms with Crippen LogP contribution in [-0.4, -0.2) is 56.5 Å². The Morgan fingerprint density at radius 1 is 1.10 bits per heavy atom. The summed E-state index contributed by atoms with van der Waals surface area (Å²) in [7, 11) is 1.64. The van der Waals surface area contributed by atoms with Gasteiger partial charge in [0.15, 0.2) is 0 Å². The van der Waals surface area contributed by atoms with Gasteiger partial charge in [0.1, 0.15) is 11.6 Å². The van der Waals surface area contributed by atoms with Crippen LogP contribution >= 0.6 is 11.6 Å². The molecule has 0 spiro atoms. The number of methoxy groups -OCH3 is 1. The smallest absolute Gasteiger partial charge is 0.228 e. The van der Waals surface area contributed by atoms with Gasteiger partial charge in [-0.2, -0.15) is 0 Å². The van der Waals surface area contributed by atoms with Gasteiger partial charge in [-0.3, -0.25) is 9.59 Å². The number of benzene rings is 2. The third-order valence-electron chi connectivity index (χ3n) is 5.70. The lowest BCUT2D eigenvalue weighted by Crippen LogP contribution is -2.50. The van der Waals surface area contributed by atoms with Crippen LogP contribution in [0.15, 0.2) is 42.5 Å². The molecular weight excluding hydrogens is 409 g/mol. The average molecular weight is 432 g/mol. The topological polar surface area (TPSA) is 53.1 Å². The highest BCUT2D eigenvalue weighted by Crippen LogP contribution is 2.30. The van der Waals surface area contributed by atoms with Gasteiger partial charge in [-0.05, 0) is 30.3 Å². The SMILES string of the molecule is COc1cccc(N2CCN(C(=O)[C@H]3CC(=O)N(c4ccc(F)c(Cl)c4)C3)CC2)c1. The van der Waals surface area contributed by atoms with Gasteiger partial charge in [0.25, 0.3) is 0 Å². The maximum Gasteiger partial charge on any atom is 0.228 e. The molecular formula is C22H23ClFN3O3. The fourth-order valence-electron chi connectivity index (χ4n) is 4.03. The Labute approximate surface area is 179 Å². The van der Waals surface area contributed by atoms with Crippen molar-refractivity contribution in [3.05, 3.63) is 53.3 Å². The number of anilines is 2. The van der Waals surface area contributed by atoms with Gasteiger partial charge in [-0.25, -0.2) is 4.39 Å². The number of ether oxygens (including phenoxy) is 1. The molecule has 1 atom stereocenters. The fraction of sp³-hybridized carbons (Fsp3) is 0.364. The summed E-state index contributed by atoms with van der Waals surface area (Å²) in [6.07, 6.45) is 0.157. The van der Waals surface area contributed by atoms with Crippen LogP contribution in [0.25, 0.3) is 0 Å². The van der Waals surface area contributed by atoms with Crippen LogP contribution in [0.3, 0.4) is 0 Å². The van der Waals surface area contributed by atoms with E-state index in [-0.39, 0.29) is 29.8 Å². The Balaban J connectivity index is 1.37. The number of hydrogen-bond donors (Lipinski definition) is 0. The highest BCUT2D eigenvalue weighted by molar-refractivity contribution is 6.31. The summed E-state index contributed by atoms with van der Waals surface area (Å²) in [5.41, 5.74) is 1.58. The van der Waals surface area contributed by atoms with Crippen LogP contribution in [0.4, 0.5) is 15.8 Å². The molecule has 0 saturated carbocycles. The van der Waals surface area contributed by atoms with Crippen molar-refractivity contribution in [2.45, 2.75) is 6.42 Å². The van der Waals surface area contributed by atoms with E-state index < -0.39 is 11.7 Å². The zero-order chi connectivity index (χ0) is 21.3. The van der Waals surface area contributed by atoms with Crippen molar-refractivity contribution in [3.8, 4) is 5.75 Å². The predicted molar refractivity (Wildman–Crippen MR) is 114 cm³/mol. The van der Waals surface area contributed by atoms with Crippen LogP contribution in [0.5, 0.6) is 5.75 Å². The van der Waals surface area contributed by atoms with Crippen molar-refractivity contribution >= 4 is 34.8 Å². The zero-order valence-corrected chi connectivity index (χ0v) is 17.4. The molecule has 0 aliphatic carbocycles. The second-order valence-corrected chi connectivity index (χ2v) is 7.92. The molecule has 0 bridgehead atoms. The number of rotatable bonds is 4. The Morgan fingerprint density at radius 2 is 1.87 bits per heavy atom. The number of hydrogen-bond acceptors (Lipinski definition) is 4. The third-order valence-corrected chi connectivity index (χ3v) is 5.99. The van der Waals surface area contributed by atoms with Gasteiger partial charge in [-0.15, -0.1) is 0 Å². The Morgan fingerprint density at radius 3 is 2.57 bits per heavy atom. The summed E-state index contributed by atoms with van der Waals surface area (Å²) in [4.78, 5) is 31.0. The first-order valence-corrected chi connectivity index (χ1v) is 10.3. The molecule has 0 unspecified atom stereocenters. The molecule has 2 amide bonds. The number of halogens is 2. The standard InChI is InChI=1S/C22H23ClFN3O3/c1-30-18-4-2-3-16(12-18)25-7-9-26(10-8-25)22(29)15-11-21(28)27(14-15)17-5-6-20(24)19(23)13-17/h2-6,12-13,15H,7-11,14H2,1H3/t15-/m0/s1. The third kappa shape index (κ3) is 4.07. The second-order valence-electron chi connectivity index (χ2n) is 7.52. The summed E-state index contributed by atoms with van der Waals surface area (Å²) in [5, 5.41) is -0.0382. The molecule has 2 fully saturated rings. The molecule has 0 radical (unpaired) electrons. The quantitative estimate of drug-likeness (QED) is 0.746. The highest BCUT2D eigenvalue weighted by Gasteiger charge is 2.38. The monoisotopic (exact) mass is 431 g/mol. The Bertz CT molecular complexity index is 962. The molecule has 2 aromatic rings. The minimum atomic E-state index is -0.534. The minimum Gasteiger partial charge on any atom is -0.497 e. The number of nitrogens with zero attached hydrogens (tertiary/aromatic N) is 3. The first kappa shape index (κ1) is 20.5. The van der Waals surface area contributed by atoms with Gasteiger partial charge in [0.2, 0.25) is 11.8 Å². The molecule has 6 nitrogen and oxygen atoms in total. The number of carbonyl (C=O) groups excluding carboxylic acids is 2. The number of carbonyl (C=O) groups is 2. The Kier molecular flexibility index (Phi) is 5.81. The van der Waals surface area contributed by atoms with Crippen LogP contribution < -0.4 is 14.5 Å². The number of amides is 2. The molecule has 30 heavy (non-hydrogen) atoms. The lowest BCUT2D eigenvalue weighted by molar-refractivity contribution is -0.136. The molecule has 0 N–H and O–H groups in total. The minimum absolute atomic E-state index is 0.00986. The van der Waals surface area contributed by atoms with Crippen molar-refractivity contribution in [2.24, 2.45) is 5.92 Å². The van der Waals surface area contributed by atoms with E-state index in [1.165, 1.54) is 23.1 Å². The summed E-state index contributed by atoms with van der Waals surface area (Å²) in [6, 6.07) is 12.0. The molecule has 4 rings (SSSR count). The average Bonchev–Trinajstić information content (AvgIpc) is 3.17. The van der Waals surface area contributed by atoms with Crippen LogP contribution in [0, 0.1) is 11.7 Å². The van der Waals surface area contributed by atoms with E-state index in [4.69, 9.17) is 16.3 Å². The van der Waals surface area contributed by atoms with Crippen molar-refractivity contribution in [1.29, 1.82) is 0 Å². The molecule has 0 aromatic heterocycles. The van der Waals surface area contributed by atoms with Gasteiger partial charge >= 0.3 is 0 Å². The second kappa shape index (κ2) is 8.52. The van der Waals surface area contributed by atoms with Crippen molar-refractivity contribution in [2.75, 3.05) is 49.6 Å². The van der Waals surface area contributed by atoms with E-state index in [0.29, 0.717) is 18.8 Å². The van der Waals surface area contributed by atoms with Crippen LogP contribution in [0.1, 0.15) is 6.42 Å². The summed E-state index contributed by atoms with van der Waals surface area (Å²) >= 11 is 5.84. The molecule has 2 aliphatic rings. The molecule has 2 aromatic carbocycles. The molecule has 8 heteroatoms. The lowest BCUT2D eigenvalue weighted by atomic mass is 10.1. The van der Waals surface area contributed by atoms with Gasteiger partial charge in [0.05, 0.1) is 18.1 Å². The van der Waals surface area contributed by atoms with Crippen LogP contribution in [-0.2, 0) is 9.59 Å². The maximum absolute atomic E-state index is 13.4. The molecule has 2 aliphatic heterocycles. The Hall–Kier alpha value is -2.80. The van der Waals surface area contributed by atoms with E-state index in [0.717, 1.165) is 24.5 Å². The predicted octanol–water partition coefficient (Wildman–Crippen LogP) is 3.19. The summed E-state index contributed by atoms with van der Waals surface area (Å²) in [5.74, 6) is -0.287. The van der Waals surface area contributed by atoms with E-state index in [9.17, 15) is 14.0 Å². The summed E-state index contributed by atoms with van der Waals surface area (Å²) in [6.45, 7) is 2.93. The summed E-state index contributed by atoms with van der Waals surface area (Å²) < 4.78 is 18.7.